The first-order valence-corrected chi connectivity index (χ1v) is 9.10. The second kappa shape index (κ2) is 8.63. The molecule has 2 amide bonds. The van der Waals surface area contributed by atoms with Crippen LogP contribution in [0.15, 0.2) is 60.7 Å². The molecule has 1 aliphatic heterocycles. The quantitative estimate of drug-likeness (QED) is 0.775. The van der Waals surface area contributed by atoms with Gasteiger partial charge in [-0.2, -0.15) is 0 Å². The number of piperidine rings is 1. The van der Waals surface area contributed by atoms with Crippen molar-refractivity contribution in [2.45, 2.75) is 37.9 Å². The summed E-state index contributed by atoms with van der Waals surface area (Å²) in [6.45, 7) is 3.05. The van der Waals surface area contributed by atoms with E-state index in [-0.39, 0.29) is 23.9 Å². The Morgan fingerprint density at radius 1 is 1.04 bits per heavy atom. The highest BCUT2D eigenvalue weighted by atomic mass is 16.2. The van der Waals surface area contributed by atoms with E-state index in [0.29, 0.717) is 5.56 Å². The van der Waals surface area contributed by atoms with Crippen LogP contribution in [0.4, 0.5) is 0 Å². The highest BCUT2D eigenvalue weighted by Gasteiger charge is 2.28. The van der Waals surface area contributed by atoms with Gasteiger partial charge < -0.3 is 16.0 Å². The monoisotopic (exact) mass is 351 g/mol. The predicted molar refractivity (Wildman–Crippen MR) is 102 cm³/mol. The van der Waals surface area contributed by atoms with Gasteiger partial charge in [0.25, 0.3) is 5.91 Å². The molecule has 1 saturated heterocycles. The van der Waals surface area contributed by atoms with Crippen LogP contribution >= 0.6 is 0 Å². The number of amides is 2. The Morgan fingerprint density at radius 3 is 2.35 bits per heavy atom. The number of benzene rings is 2. The number of carbonyl (C=O) groups excluding carboxylic acids is 2. The molecule has 2 aromatic rings. The van der Waals surface area contributed by atoms with E-state index in [1.807, 2.05) is 48.5 Å². The maximum Gasteiger partial charge on any atom is 0.252 e. The van der Waals surface area contributed by atoms with Crippen LogP contribution < -0.4 is 16.0 Å². The van der Waals surface area contributed by atoms with Crippen LogP contribution in [0, 0.1) is 0 Å². The Balaban J connectivity index is 1.77. The van der Waals surface area contributed by atoms with E-state index in [1.54, 1.807) is 12.1 Å². The maximum absolute atomic E-state index is 13.0. The molecule has 1 fully saturated rings. The van der Waals surface area contributed by atoms with Gasteiger partial charge >= 0.3 is 0 Å². The average molecular weight is 351 g/mol. The minimum Gasteiger partial charge on any atom is -0.350 e. The highest BCUT2D eigenvalue weighted by molar-refractivity contribution is 5.97. The second-order valence-electron chi connectivity index (χ2n) is 6.68. The third kappa shape index (κ3) is 4.49. The van der Waals surface area contributed by atoms with E-state index in [4.69, 9.17) is 0 Å². The molecule has 2 aromatic carbocycles. The summed E-state index contributed by atoms with van der Waals surface area (Å²) in [5, 5.41) is 9.37. The van der Waals surface area contributed by atoms with Crippen LogP contribution in [0.3, 0.4) is 0 Å². The SMILES string of the molecule is CC1NCCCC1NC(=O)C(NC(=O)c1ccccc1)c1ccccc1. The van der Waals surface area contributed by atoms with Crippen LogP contribution in [-0.4, -0.2) is 30.4 Å². The molecule has 3 atom stereocenters. The van der Waals surface area contributed by atoms with Crippen molar-refractivity contribution in [3.63, 3.8) is 0 Å². The Kier molecular flexibility index (Phi) is 6.02. The van der Waals surface area contributed by atoms with Crippen molar-refractivity contribution in [3.05, 3.63) is 71.8 Å². The van der Waals surface area contributed by atoms with Crippen molar-refractivity contribution in [2.24, 2.45) is 0 Å². The Morgan fingerprint density at radius 2 is 1.69 bits per heavy atom. The van der Waals surface area contributed by atoms with Gasteiger partial charge in [-0.1, -0.05) is 48.5 Å². The molecule has 3 rings (SSSR count). The lowest BCUT2D eigenvalue weighted by molar-refractivity contribution is -0.124. The van der Waals surface area contributed by atoms with E-state index < -0.39 is 6.04 Å². The molecule has 5 nitrogen and oxygen atoms in total. The summed E-state index contributed by atoms with van der Waals surface area (Å²) in [5.41, 5.74) is 1.31. The molecule has 0 saturated carbocycles. The number of nitrogens with one attached hydrogen (secondary N) is 3. The summed E-state index contributed by atoms with van der Waals surface area (Å²) in [7, 11) is 0. The molecule has 5 heteroatoms. The fraction of sp³-hybridized carbons (Fsp3) is 0.333. The first-order chi connectivity index (χ1) is 12.6. The molecule has 26 heavy (non-hydrogen) atoms. The summed E-state index contributed by atoms with van der Waals surface area (Å²) in [5.74, 6) is -0.439. The van der Waals surface area contributed by atoms with Crippen molar-refractivity contribution >= 4 is 11.8 Å². The minimum atomic E-state index is -0.724. The molecule has 136 valence electrons. The molecule has 3 unspecified atom stereocenters. The third-order valence-electron chi connectivity index (χ3n) is 4.80. The van der Waals surface area contributed by atoms with Crippen molar-refractivity contribution in [1.82, 2.24) is 16.0 Å². The van der Waals surface area contributed by atoms with Gasteiger partial charge in [-0.15, -0.1) is 0 Å². The van der Waals surface area contributed by atoms with E-state index in [0.717, 1.165) is 24.9 Å². The van der Waals surface area contributed by atoms with Crippen molar-refractivity contribution in [2.75, 3.05) is 6.54 Å². The van der Waals surface area contributed by atoms with Crippen molar-refractivity contribution < 1.29 is 9.59 Å². The fourth-order valence-corrected chi connectivity index (χ4v) is 3.26. The van der Waals surface area contributed by atoms with Gasteiger partial charge in [0.1, 0.15) is 6.04 Å². The van der Waals surface area contributed by atoms with Gasteiger partial charge in [-0.05, 0) is 44.0 Å². The molecule has 0 radical (unpaired) electrons. The Bertz CT molecular complexity index is 733. The van der Waals surface area contributed by atoms with Crippen LogP contribution in [0.5, 0.6) is 0 Å². The molecule has 1 heterocycles. The summed E-state index contributed by atoms with van der Waals surface area (Å²) < 4.78 is 0. The maximum atomic E-state index is 13.0. The highest BCUT2D eigenvalue weighted by Crippen LogP contribution is 2.16. The number of carbonyl (C=O) groups is 2. The zero-order valence-electron chi connectivity index (χ0n) is 14.9. The molecule has 3 N–H and O–H groups in total. The number of hydrogen-bond donors (Lipinski definition) is 3. The lowest BCUT2D eigenvalue weighted by Gasteiger charge is -2.32. The zero-order valence-corrected chi connectivity index (χ0v) is 14.9. The van der Waals surface area contributed by atoms with E-state index in [1.165, 1.54) is 0 Å². The average Bonchev–Trinajstić information content (AvgIpc) is 2.69. The Hall–Kier alpha value is -2.66. The van der Waals surface area contributed by atoms with E-state index in [9.17, 15) is 9.59 Å². The van der Waals surface area contributed by atoms with E-state index >= 15 is 0 Å². The minimum absolute atomic E-state index is 0.0658. The topological polar surface area (TPSA) is 70.2 Å². The normalized spacial score (nSPS) is 20.8. The second-order valence-corrected chi connectivity index (χ2v) is 6.68. The van der Waals surface area contributed by atoms with Crippen LogP contribution in [0.1, 0.15) is 41.7 Å². The smallest absolute Gasteiger partial charge is 0.252 e. The molecule has 0 spiro atoms. The first-order valence-electron chi connectivity index (χ1n) is 9.10. The first kappa shape index (κ1) is 18.1. The van der Waals surface area contributed by atoms with E-state index in [2.05, 4.69) is 22.9 Å². The fourth-order valence-electron chi connectivity index (χ4n) is 3.26. The lowest BCUT2D eigenvalue weighted by Crippen LogP contribution is -2.54. The van der Waals surface area contributed by atoms with Crippen molar-refractivity contribution in [3.8, 4) is 0 Å². The molecular weight excluding hydrogens is 326 g/mol. The number of hydrogen-bond acceptors (Lipinski definition) is 3. The molecular formula is C21H25N3O2. The van der Waals surface area contributed by atoms with Gasteiger partial charge in [0.15, 0.2) is 0 Å². The zero-order chi connectivity index (χ0) is 18.4. The molecule has 0 aromatic heterocycles. The number of rotatable bonds is 5. The molecule has 0 aliphatic carbocycles. The van der Waals surface area contributed by atoms with Crippen LogP contribution in [0.2, 0.25) is 0 Å². The lowest BCUT2D eigenvalue weighted by atomic mass is 9.98. The standard InChI is InChI=1S/C21H25N3O2/c1-15-18(13-8-14-22-15)23-21(26)19(16-9-4-2-5-10-16)24-20(25)17-11-6-3-7-12-17/h2-7,9-12,15,18-19,22H,8,13-14H2,1H3,(H,23,26)(H,24,25). The van der Waals surface area contributed by atoms with Crippen LogP contribution in [0.25, 0.3) is 0 Å². The van der Waals surface area contributed by atoms with Gasteiger partial charge in [0, 0.05) is 17.6 Å². The summed E-state index contributed by atoms with van der Waals surface area (Å²) in [6, 6.07) is 17.9. The van der Waals surface area contributed by atoms with Crippen LogP contribution in [-0.2, 0) is 4.79 Å². The van der Waals surface area contributed by atoms with Gasteiger partial charge in [-0.3, -0.25) is 9.59 Å². The van der Waals surface area contributed by atoms with Gasteiger partial charge in [-0.25, -0.2) is 0 Å². The van der Waals surface area contributed by atoms with Gasteiger partial charge in [0.05, 0.1) is 0 Å². The van der Waals surface area contributed by atoms with Gasteiger partial charge in [0.2, 0.25) is 5.91 Å². The summed E-state index contributed by atoms with van der Waals surface area (Å²) >= 11 is 0. The summed E-state index contributed by atoms with van der Waals surface area (Å²) in [6.07, 6.45) is 1.97. The largest absolute Gasteiger partial charge is 0.350 e. The molecule has 1 aliphatic rings. The summed E-state index contributed by atoms with van der Waals surface area (Å²) in [4.78, 5) is 25.6. The molecule has 0 bridgehead atoms. The predicted octanol–water partition coefficient (Wildman–Crippen LogP) is 2.41. The Labute approximate surface area is 154 Å². The van der Waals surface area contributed by atoms with Crippen molar-refractivity contribution in [1.29, 1.82) is 0 Å². The third-order valence-corrected chi connectivity index (χ3v) is 4.80.